The van der Waals surface area contributed by atoms with Crippen molar-refractivity contribution in [3.05, 3.63) is 41.1 Å². The molecule has 150 valence electrons. The summed E-state index contributed by atoms with van der Waals surface area (Å²) in [6.45, 7) is 5.87. The van der Waals surface area contributed by atoms with Crippen molar-refractivity contribution >= 4 is 21.6 Å². The van der Waals surface area contributed by atoms with Gasteiger partial charge in [0.25, 0.3) is 0 Å². The Morgan fingerprint density at radius 3 is 2.57 bits per heavy atom. The van der Waals surface area contributed by atoms with E-state index in [0.717, 1.165) is 22.6 Å². The van der Waals surface area contributed by atoms with Gasteiger partial charge < -0.3 is 10.1 Å². The first-order valence-electron chi connectivity index (χ1n) is 9.59. The minimum Gasteiger partial charge on any atom is -0.491 e. The Balaban J connectivity index is 1.70. The van der Waals surface area contributed by atoms with Crippen molar-refractivity contribution in [3.8, 4) is 5.75 Å². The van der Waals surface area contributed by atoms with Crippen molar-refractivity contribution in [2.75, 3.05) is 16.8 Å². The average molecular weight is 404 g/mol. The molecule has 0 saturated carbocycles. The normalized spacial score (nSPS) is 23.5. The second-order valence-electron chi connectivity index (χ2n) is 7.89. The smallest absolute Gasteiger partial charge is 0.226 e. The number of nitrogens with zero attached hydrogens (tertiary/aromatic N) is 2. The van der Waals surface area contributed by atoms with Gasteiger partial charge in [0.2, 0.25) is 5.91 Å². The second-order valence-corrected chi connectivity index (χ2v) is 10.1. The van der Waals surface area contributed by atoms with Crippen LogP contribution >= 0.6 is 0 Å². The molecule has 28 heavy (non-hydrogen) atoms. The van der Waals surface area contributed by atoms with E-state index in [2.05, 4.69) is 10.4 Å². The largest absolute Gasteiger partial charge is 0.491 e. The molecule has 3 heterocycles. The number of aryl methyl sites for hydroxylation is 1. The summed E-state index contributed by atoms with van der Waals surface area (Å²) in [6, 6.07) is 7.59. The molecule has 0 spiro atoms. The summed E-state index contributed by atoms with van der Waals surface area (Å²) in [5.74, 6) is 1.49. The summed E-state index contributed by atoms with van der Waals surface area (Å²) in [6.07, 6.45) is 0.964. The lowest BCUT2D eigenvalue weighted by Gasteiger charge is -2.25. The minimum absolute atomic E-state index is 0.0718. The van der Waals surface area contributed by atoms with Gasteiger partial charge in [-0.1, -0.05) is 12.1 Å². The standard InChI is InChI=1S/C20H25N3O4S/c1-12(2)27-16-6-4-14(5-7-16)17-10-18(24)21-20-19(17)13(3)22-23(20)15-8-9-28(25,26)11-15/h4-7,12,15,17H,8-11H2,1-3H3,(H,21,24)/t15-,17+/m1/s1. The van der Waals surface area contributed by atoms with Crippen LogP contribution in [-0.4, -0.2) is 41.7 Å². The molecule has 1 N–H and O–H groups in total. The fourth-order valence-corrected chi connectivity index (χ4v) is 5.83. The molecule has 1 aromatic carbocycles. The highest BCUT2D eigenvalue weighted by atomic mass is 32.2. The first-order valence-corrected chi connectivity index (χ1v) is 11.4. The number of anilines is 1. The number of benzene rings is 1. The Kier molecular flexibility index (Phi) is 4.69. The predicted molar refractivity (Wildman–Crippen MR) is 107 cm³/mol. The number of carbonyl (C=O) groups is 1. The highest BCUT2D eigenvalue weighted by molar-refractivity contribution is 7.91. The highest BCUT2D eigenvalue weighted by Crippen LogP contribution is 2.41. The van der Waals surface area contributed by atoms with Crippen LogP contribution in [0, 0.1) is 6.92 Å². The van der Waals surface area contributed by atoms with E-state index >= 15 is 0 Å². The molecule has 7 nitrogen and oxygen atoms in total. The van der Waals surface area contributed by atoms with Crippen LogP contribution in [0.25, 0.3) is 0 Å². The highest BCUT2D eigenvalue weighted by Gasteiger charge is 2.37. The van der Waals surface area contributed by atoms with E-state index in [0.29, 0.717) is 18.7 Å². The quantitative estimate of drug-likeness (QED) is 0.848. The zero-order valence-electron chi connectivity index (χ0n) is 16.3. The molecule has 1 amide bonds. The van der Waals surface area contributed by atoms with Gasteiger partial charge >= 0.3 is 0 Å². The van der Waals surface area contributed by atoms with Gasteiger partial charge in [-0.15, -0.1) is 0 Å². The molecule has 2 aliphatic rings. The maximum Gasteiger partial charge on any atom is 0.226 e. The average Bonchev–Trinajstić information content (AvgIpc) is 3.14. The number of ether oxygens (including phenoxy) is 1. The molecule has 0 aliphatic carbocycles. The number of sulfone groups is 1. The minimum atomic E-state index is -3.04. The number of hydrogen-bond acceptors (Lipinski definition) is 5. The van der Waals surface area contributed by atoms with Crippen LogP contribution in [0.15, 0.2) is 24.3 Å². The fraction of sp³-hybridized carbons (Fsp3) is 0.500. The van der Waals surface area contributed by atoms with Crippen molar-refractivity contribution in [2.24, 2.45) is 0 Å². The van der Waals surface area contributed by atoms with E-state index < -0.39 is 9.84 Å². The number of fused-ring (bicyclic) bond motifs is 1. The molecule has 1 saturated heterocycles. The Morgan fingerprint density at radius 1 is 1.25 bits per heavy atom. The van der Waals surface area contributed by atoms with E-state index in [1.165, 1.54) is 0 Å². The van der Waals surface area contributed by atoms with E-state index in [-0.39, 0.29) is 35.5 Å². The van der Waals surface area contributed by atoms with Crippen molar-refractivity contribution < 1.29 is 17.9 Å². The molecule has 1 aromatic heterocycles. The van der Waals surface area contributed by atoms with E-state index in [1.54, 1.807) is 4.68 Å². The molecule has 2 aliphatic heterocycles. The molecular formula is C20H25N3O4S. The summed E-state index contributed by atoms with van der Waals surface area (Å²) >= 11 is 0. The lowest BCUT2D eigenvalue weighted by molar-refractivity contribution is -0.116. The van der Waals surface area contributed by atoms with Crippen LogP contribution in [-0.2, 0) is 14.6 Å². The van der Waals surface area contributed by atoms with Crippen LogP contribution in [0.3, 0.4) is 0 Å². The second kappa shape index (κ2) is 6.92. The monoisotopic (exact) mass is 403 g/mol. The molecule has 0 radical (unpaired) electrons. The van der Waals surface area contributed by atoms with E-state index in [1.807, 2.05) is 45.0 Å². The third-order valence-electron chi connectivity index (χ3n) is 5.34. The third kappa shape index (κ3) is 3.53. The lowest BCUT2D eigenvalue weighted by atomic mass is 9.86. The Morgan fingerprint density at radius 2 is 1.96 bits per heavy atom. The van der Waals surface area contributed by atoms with Gasteiger partial charge in [-0.3, -0.25) is 4.79 Å². The summed E-state index contributed by atoms with van der Waals surface area (Å²) in [7, 11) is -3.04. The van der Waals surface area contributed by atoms with Crippen molar-refractivity contribution in [1.82, 2.24) is 9.78 Å². The Bertz CT molecular complexity index is 1010. The van der Waals surface area contributed by atoms with Crippen LogP contribution in [0.2, 0.25) is 0 Å². The van der Waals surface area contributed by atoms with Crippen LogP contribution < -0.4 is 10.1 Å². The molecule has 0 unspecified atom stereocenters. The molecule has 0 bridgehead atoms. The zero-order chi connectivity index (χ0) is 20.1. The van der Waals surface area contributed by atoms with Crippen molar-refractivity contribution in [1.29, 1.82) is 0 Å². The third-order valence-corrected chi connectivity index (χ3v) is 7.09. The van der Waals surface area contributed by atoms with E-state index in [4.69, 9.17) is 4.74 Å². The van der Waals surface area contributed by atoms with Gasteiger partial charge in [0.15, 0.2) is 9.84 Å². The number of aromatic nitrogens is 2. The van der Waals surface area contributed by atoms with Crippen LogP contribution in [0.5, 0.6) is 5.75 Å². The number of amides is 1. The van der Waals surface area contributed by atoms with Crippen molar-refractivity contribution in [3.63, 3.8) is 0 Å². The Labute approximate surface area is 165 Å². The van der Waals surface area contributed by atoms with Gasteiger partial charge in [0.05, 0.1) is 29.3 Å². The summed E-state index contributed by atoms with van der Waals surface area (Å²) < 4.78 is 31.2. The Hall–Kier alpha value is -2.35. The fourth-order valence-electron chi connectivity index (χ4n) is 4.14. The van der Waals surface area contributed by atoms with Gasteiger partial charge in [0.1, 0.15) is 11.6 Å². The van der Waals surface area contributed by atoms with E-state index in [9.17, 15) is 13.2 Å². The summed E-state index contributed by atoms with van der Waals surface area (Å²) in [4.78, 5) is 12.4. The number of hydrogen-bond donors (Lipinski definition) is 1. The lowest BCUT2D eigenvalue weighted by Crippen LogP contribution is -2.26. The number of nitrogens with one attached hydrogen (secondary N) is 1. The zero-order valence-corrected chi connectivity index (χ0v) is 17.1. The first kappa shape index (κ1) is 19.0. The SMILES string of the molecule is Cc1nn([C@@H]2CCS(=O)(=O)C2)c2c1[C@H](c1ccc(OC(C)C)cc1)CC(=O)N2. The molecule has 8 heteroatoms. The maximum absolute atomic E-state index is 12.4. The summed E-state index contributed by atoms with van der Waals surface area (Å²) in [5, 5.41) is 7.55. The van der Waals surface area contributed by atoms with Crippen LogP contribution in [0.1, 0.15) is 55.5 Å². The maximum atomic E-state index is 12.4. The number of rotatable bonds is 4. The molecule has 4 rings (SSSR count). The molecule has 2 atom stereocenters. The molecular weight excluding hydrogens is 378 g/mol. The summed E-state index contributed by atoms with van der Waals surface area (Å²) in [5.41, 5.74) is 2.82. The van der Waals surface area contributed by atoms with Gasteiger partial charge in [-0.05, 0) is 44.9 Å². The van der Waals surface area contributed by atoms with Crippen molar-refractivity contribution in [2.45, 2.75) is 51.7 Å². The molecule has 2 aromatic rings. The predicted octanol–water partition coefficient (Wildman–Crippen LogP) is 2.81. The van der Waals surface area contributed by atoms with Gasteiger partial charge in [-0.25, -0.2) is 13.1 Å². The molecule has 1 fully saturated rings. The topological polar surface area (TPSA) is 90.3 Å². The first-order chi connectivity index (χ1) is 13.2. The van der Waals surface area contributed by atoms with Crippen LogP contribution in [0.4, 0.5) is 5.82 Å². The van der Waals surface area contributed by atoms with Gasteiger partial charge in [-0.2, -0.15) is 5.10 Å². The number of carbonyl (C=O) groups excluding carboxylic acids is 1. The van der Waals surface area contributed by atoms with Gasteiger partial charge in [0, 0.05) is 17.9 Å².